The van der Waals surface area contributed by atoms with E-state index in [1.54, 1.807) is 18.1 Å². The summed E-state index contributed by atoms with van der Waals surface area (Å²) in [5.74, 6) is -0.298. The largest absolute Gasteiger partial charge is 0.360 e. The van der Waals surface area contributed by atoms with Gasteiger partial charge in [0.15, 0.2) is 0 Å². The molecule has 1 N–H and O–H groups in total. The molecule has 0 radical (unpaired) electrons. The third-order valence-corrected chi connectivity index (χ3v) is 6.44. The molecule has 5 rings (SSSR count). The Morgan fingerprint density at radius 1 is 1.40 bits per heavy atom. The summed E-state index contributed by atoms with van der Waals surface area (Å²) < 4.78 is 6.24. The Labute approximate surface area is 175 Å². The number of carbonyl (C=O) groups is 2. The molecule has 1 spiro atoms. The Balaban J connectivity index is 1.36. The number of hydrogen-bond acceptors (Lipinski definition) is 4. The number of ether oxygens (including phenoxy) is 1. The Morgan fingerprint density at radius 2 is 2.23 bits per heavy atom. The molecule has 7 nitrogen and oxygen atoms in total. The van der Waals surface area contributed by atoms with E-state index < -0.39 is 17.4 Å². The number of likely N-dealkylation sites (tertiary alicyclic amines) is 1. The van der Waals surface area contributed by atoms with E-state index in [1.807, 2.05) is 49.1 Å². The number of benzene rings is 1. The second-order valence-corrected chi connectivity index (χ2v) is 8.79. The van der Waals surface area contributed by atoms with Gasteiger partial charge >= 0.3 is 0 Å². The molecule has 3 aliphatic heterocycles. The molecule has 30 heavy (non-hydrogen) atoms. The number of nitrogens with one attached hydrogen (secondary N) is 1. The molecule has 1 aromatic heterocycles. The van der Waals surface area contributed by atoms with E-state index >= 15 is 0 Å². The van der Waals surface area contributed by atoms with E-state index in [4.69, 9.17) is 4.74 Å². The number of H-pyrrole nitrogens is 1. The van der Waals surface area contributed by atoms with Gasteiger partial charge in [0.1, 0.15) is 11.4 Å². The lowest BCUT2D eigenvalue weighted by Gasteiger charge is -2.27. The van der Waals surface area contributed by atoms with Crippen molar-refractivity contribution in [3.8, 4) is 0 Å². The van der Waals surface area contributed by atoms with Crippen LogP contribution in [0.1, 0.15) is 22.6 Å². The zero-order valence-electron chi connectivity index (χ0n) is 17.5. The maximum absolute atomic E-state index is 13.4. The van der Waals surface area contributed by atoms with Crippen LogP contribution in [0.4, 0.5) is 0 Å². The second kappa shape index (κ2) is 6.80. The average Bonchev–Trinajstić information content (AvgIpc) is 3.44. The second-order valence-electron chi connectivity index (χ2n) is 8.79. The molecule has 0 unspecified atom stereocenters. The van der Waals surface area contributed by atoms with Gasteiger partial charge in [-0.25, -0.2) is 4.98 Å². The molecule has 4 heterocycles. The summed E-state index contributed by atoms with van der Waals surface area (Å²) in [6.45, 7) is 5.36. The SMILES string of the molecule is Cc1cccc(CN2C[C@]34C=C[C@H](O3)[C@H](C(=O)N(C)Cc3ncc(C)[nH]3)[C@H]4C2=O)c1. The van der Waals surface area contributed by atoms with Crippen molar-refractivity contribution in [3.63, 3.8) is 0 Å². The monoisotopic (exact) mass is 406 g/mol. The summed E-state index contributed by atoms with van der Waals surface area (Å²) in [7, 11) is 1.76. The van der Waals surface area contributed by atoms with Crippen LogP contribution in [0.2, 0.25) is 0 Å². The molecule has 2 fully saturated rings. The van der Waals surface area contributed by atoms with Crippen LogP contribution in [0.5, 0.6) is 0 Å². The van der Waals surface area contributed by atoms with Crippen LogP contribution in [-0.4, -0.2) is 56.9 Å². The van der Waals surface area contributed by atoms with Crippen molar-refractivity contribution in [1.82, 2.24) is 19.8 Å². The number of aromatic amines is 1. The average molecular weight is 406 g/mol. The molecular formula is C23H26N4O3. The van der Waals surface area contributed by atoms with E-state index in [0.29, 0.717) is 19.6 Å². The van der Waals surface area contributed by atoms with Gasteiger partial charge in [-0.1, -0.05) is 42.0 Å². The summed E-state index contributed by atoms with van der Waals surface area (Å²) in [5, 5.41) is 0. The van der Waals surface area contributed by atoms with Crippen molar-refractivity contribution >= 4 is 11.8 Å². The maximum Gasteiger partial charge on any atom is 0.230 e. The first-order valence-electron chi connectivity index (χ1n) is 10.3. The van der Waals surface area contributed by atoms with Gasteiger partial charge in [0.2, 0.25) is 11.8 Å². The minimum Gasteiger partial charge on any atom is -0.360 e. The van der Waals surface area contributed by atoms with Gasteiger partial charge in [-0.15, -0.1) is 0 Å². The van der Waals surface area contributed by atoms with Crippen molar-refractivity contribution in [2.75, 3.05) is 13.6 Å². The molecule has 3 aliphatic rings. The lowest BCUT2D eigenvalue weighted by atomic mass is 9.76. The molecule has 2 amide bonds. The normalized spacial score (nSPS) is 29.0. The topological polar surface area (TPSA) is 78.5 Å². The highest BCUT2D eigenvalue weighted by atomic mass is 16.5. The third kappa shape index (κ3) is 2.96. The van der Waals surface area contributed by atoms with Crippen LogP contribution in [-0.2, 0) is 27.4 Å². The number of carbonyl (C=O) groups excluding carboxylic acids is 2. The van der Waals surface area contributed by atoms with Crippen molar-refractivity contribution in [2.45, 2.75) is 38.6 Å². The van der Waals surface area contributed by atoms with Crippen LogP contribution in [0.3, 0.4) is 0 Å². The van der Waals surface area contributed by atoms with Crippen molar-refractivity contribution in [2.24, 2.45) is 11.8 Å². The van der Waals surface area contributed by atoms with E-state index in [9.17, 15) is 9.59 Å². The van der Waals surface area contributed by atoms with Crippen molar-refractivity contribution in [1.29, 1.82) is 0 Å². The fraction of sp³-hybridized carbons (Fsp3) is 0.435. The Bertz CT molecular complexity index is 1040. The van der Waals surface area contributed by atoms with E-state index in [0.717, 1.165) is 22.6 Å². The summed E-state index contributed by atoms with van der Waals surface area (Å²) in [5.41, 5.74) is 2.52. The Kier molecular flexibility index (Phi) is 4.32. The smallest absolute Gasteiger partial charge is 0.230 e. The van der Waals surface area contributed by atoms with E-state index in [2.05, 4.69) is 16.0 Å². The summed E-state index contributed by atoms with van der Waals surface area (Å²) in [6, 6.07) is 8.17. The highest BCUT2D eigenvalue weighted by Crippen LogP contribution is 2.52. The highest BCUT2D eigenvalue weighted by molar-refractivity contribution is 5.93. The van der Waals surface area contributed by atoms with Crippen LogP contribution in [0.15, 0.2) is 42.6 Å². The van der Waals surface area contributed by atoms with Crippen molar-refractivity contribution in [3.05, 3.63) is 65.3 Å². The lowest BCUT2D eigenvalue weighted by molar-refractivity contribution is -0.143. The first kappa shape index (κ1) is 19.1. The fourth-order valence-electron chi connectivity index (χ4n) is 5.13. The predicted molar refractivity (Wildman–Crippen MR) is 110 cm³/mol. The lowest BCUT2D eigenvalue weighted by Crippen LogP contribution is -2.44. The number of aryl methyl sites for hydroxylation is 2. The fourth-order valence-corrected chi connectivity index (χ4v) is 5.13. The molecule has 1 aromatic carbocycles. The molecular weight excluding hydrogens is 380 g/mol. The van der Waals surface area contributed by atoms with Crippen molar-refractivity contribution < 1.29 is 14.3 Å². The zero-order valence-corrected chi connectivity index (χ0v) is 17.5. The molecule has 2 saturated heterocycles. The van der Waals surface area contributed by atoms with Gasteiger partial charge in [0.05, 0.1) is 31.0 Å². The van der Waals surface area contributed by atoms with Gasteiger partial charge in [-0.05, 0) is 19.4 Å². The van der Waals surface area contributed by atoms with Crippen LogP contribution in [0, 0.1) is 25.7 Å². The van der Waals surface area contributed by atoms with Crippen LogP contribution in [0.25, 0.3) is 0 Å². The van der Waals surface area contributed by atoms with Gasteiger partial charge in [0.25, 0.3) is 0 Å². The van der Waals surface area contributed by atoms with E-state index in [1.165, 1.54) is 0 Å². The molecule has 7 heteroatoms. The third-order valence-electron chi connectivity index (χ3n) is 6.44. The summed E-state index contributed by atoms with van der Waals surface area (Å²) >= 11 is 0. The van der Waals surface area contributed by atoms with Gasteiger partial charge in [0, 0.05) is 25.5 Å². The molecule has 156 valence electrons. The Hall–Kier alpha value is -2.93. The highest BCUT2D eigenvalue weighted by Gasteiger charge is 2.67. The molecule has 2 aromatic rings. The quantitative estimate of drug-likeness (QED) is 0.770. The van der Waals surface area contributed by atoms with Crippen LogP contribution < -0.4 is 0 Å². The summed E-state index contributed by atoms with van der Waals surface area (Å²) in [4.78, 5) is 37.6. The molecule has 2 bridgehead atoms. The van der Waals surface area contributed by atoms with E-state index in [-0.39, 0.29) is 17.9 Å². The van der Waals surface area contributed by atoms with Gasteiger partial charge < -0.3 is 19.5 Å². The number of aromatic nitrogens is 2. The molecule has 4 atom stereocenters. The number of rotatable bonds is 5. The van der Waals surface area contributed by atoms with Gasteiger partial charge in [-0.2, -0.15) is 0 Å². The Morgan fingerprint density at radius 3 is 2.97 bits per heavy atom. The first-order valence-corrected chi connectivity index (χ1v) is 10.3. The van der Waals surface area contributed by atoms with Gasteiger partial charge in [-0.3, -0.25) is 9.59 Å². The summed E-state index contributed by atoms with van der Waals surface area (Å²) in [6.07, 6.45) is 5.35. The number of hydrogen-bond donors (Lipinski definition) is 1. The zero-order chi connectivity index (χ0) is 21.0. The minimum absolute atomic E-state index is 0.00366. The predicted octanol–water partition coefficient (Wildman–Crippen LogP) is 1.97. The number of nitrogens with zero attached hydrogens (tertiary/aromatic N) is 3. The first-order chi connectivity index (χ1) is 14.4. The molecule has 0 aliphatic carbocycles. The number of imidazole rings is 1. The minimum atomic E-state index is -0.686. The van der Waals surface area contributed by atoms with Crippen LogP contribution >= 0.6 is 0 Å². The number of fused-ring (bicyclic) bond motifs is 1. The maximum atomic E-state index is 13.4. The molecule has 0 saturated carbocycles. The standard InChI is InChI=1S/C23H26N4O3/c1-14-5-4-6-16(9-14)11-27-13-23-8-7-17(30-23)19(20(23)22(27)29)21(28)26(3)12-18-24-10-15(2)25-18/h4-10,17,19-20H,11-13H2,1-3H3,(H,24,25)/t17-,19-,20-,23-/m0/s1. The number of amides is 2.